The number of likely N-dealkylation sites (tertiary alicyclic amines) is 1. The lowest BCUT2D eigenvalue weighted by Gasteiger charge is -2.30. The van der Waals surface area contributed by atoms with Crippen molar-refractivity contribution < 1.29 is 4.79 Å². The summed E-state index contributed by atoms with van der Waals surface area (Å²) in [5.74, 6) is 0.516. The van der Waals surface area contributed by atoms with Gasteiger partial charge in [0, 0.05) is 24.5 Å². The molecule has 1 N–H and O–H groups in total. The van der Waals surface area contributed by atoms with Crippen molar-refractivity contribution in [2.75, 3.05) is 13.1 Å². The van der Waals surface area contributed by atoms with E-state index in [2.05, 4.69) is 36.5 Å². The molecule has 1 aromatic rings. The third kappa shape index (κ3) is 3.16. The summed E-state index contributed by atoms with van der Waals surface area (Å²) in [6.07, 6.45) is 5.47. The molecule has 3 nitrogen and oxygen atoms in total. The molecule has 120 valence electrons. The molecule has 2 aliphatic rings. The summed E-state index contributed by atoms with van der Waals surface area (Å²) in [5, 5.41) is 3.44. The van der Waals surface area contributed by atoms with Crippen molar-refractivity contribution in [3.8, 4) is 0 Å². The molecule has 0 bridgehead atoms. The first kappa shape index (κ1) is 15.8. The first-order valence-electron chi connectivity index (χ1n) is 8.42. The van der Waals surface area contributed by atoms with Crippen LogP contribution in [-0.2, 0) is 4.79 Å². The van der Waals surface area contributed by atoms with E-state index in [0.29, 0.717) is 5.92 Å². The molecule has 1 amide bonds. The molecule has 22 heavy (non-hydrogen) atoms. The van der Waals surface area contributed by atoms with Crippen LogP contribution < -0.4 is 5.32 Å². The fourth-order valence-electron chi connectivity index (χ4n) is 3.67. The molecular formula is C18H25ClN2O. The average Bonchev–Trinajstić information content (AvgIpc) is 3.30. The van der Waals surface area contributed by atoms with E-state index < -0.39 is 5.50 Å². The summed E-state index contributed by atoms with van der Waals surface area (Å²) in [4.78, 5) is 14.4. The molecular weight excluding hydrogens is 296 g/mol. The van der Waals surface area contributed by atoms with Gasteiger partial charge in [0.15, 0.2) is 5.50 Å². The zero-order valence-corrected chi connectivity index (χ0v) is 14.0. The molecule has 3 rings (SSSR count). The summed E-state index contributed by atoms with van der Waals surface area (Å²) in [5.41, 5.74) is 0.720. The Morgan fingerprint density at radius 3 is 2.64 bits per heavy atom. The molecule has 0 spiro atoms. The monoisotopic (exact) mass is 320 g/mol. The van der Waals surface area contributed by atoms with Crippen LogP contribution in [0.15, 0.2) is 30.3 Å². The van der Waals surface area contributed by atoms with E-state index in [1.165, 1.54) is 12.0 Å². The Morgan fingerprint density at radius 2 is 2.00 bits per heavy atom. The highest BCUT2D eigenvalue weighted by atomic mass is 35.5. The second kappa shape index (κ2) is 6.59. The number of rotatable bonds is 5. The molecule has 2 fully saturated rings. The van der Waals surface area contributed by atoms with E-state index >= 15 is 0 Å². The number of alkyl halides is 1. The minimum absolute atomic E-state index is 0.0147. The zero-order chi connectivity index (χ0) is 15.6. The number of benzene rings is 1. The predicted molar refractivity (Wildman–Crippen MR) is 90.0 cm³/mol. The fourth-order valence-corrected chi connectivity index (χ4v) is 4.02. The van der Waals surface area contributed by atoms with Crippen molar-refractivity contribution in [2.45, 2.75) is 56.0 Å². The van der Waals surface area contributed by atoms with Crippen molar-refractivity contribution in [1.82, 2.24) is 10.2 Å². The third-order valence-corrected chi connectivity index (χ3v) is 5.50. The van der Waals surface area contributed by atoms with Crippen LogP contribution in [-0.4, -0.2) is 34.9 Å². The van der Waals surface area contributed by atoms with Crippen LogP contribution in [0.3, 0.4) is 0 Å². The topological polar surface area (TPSA) is 32.3 Å². The third-order valence-electron chi connectivity index (χ3n) is 5.21. The molecule has 4 heteroatoms. The van der Waals surface area contributed by atoms with Crippen LogP contribution in [0.4, 0.5) is 0 Å². The highest BCUT2D eigenvalue weighted by Gasteiger charge is 2.54. The Labute approximate surface area is 138 Å². The summed E-state index contributed by atoms with van der Waals surface area (Å²) in [7, 11) is 0. The van der Waals surface area contributed by atoms with E-state index in [0.717, 1.165) is 38.8 Å². The molecule has 1 saturated carbocycles. The summed E-state index contributed by atoms with van der Waals surface area (Å²) < 4.78 is 0. The van der Waals surface area contributed by atoms with Crippen LogP contribution in [0.5, 0.6) is 0 Å². The van der Waals surface area contributed by atoms with Gasteiger partial charge in [-0.3, -0.25) is 10.1 Å². The van der Waals surface area contributed by atoms with Crippen molar-refractivity contribution in [3.63, 3.8) is 0 Å². The standard InChI is InChI=1S/C18H25ClN2O/c1-2-18(13-15(18)14-9-5-3-6-10-14)20-16(19)17(22)21-11-7-4-8-12-21/h3,5-6,9-10,15-16,20H,2,4,7-8,11-13H2,1H3. The number of nitrogens with one attached hydrogen (secondary N) is 1. The molecule has 1 heterocycles. The largest absolute Gasteiger partial charge is 0.340 e. The number of halogens is 1. The van der Waals surface area contributed by atoms with Gasteiger partial charge < -0.3 is 4.90 Å². The second-order valence-corrected chi connectivity index (χ2v) is 7.01. The highest BCUT2D eigenvalue weighted by molar-refractivity contribution is 6.30. The van der Waals surface area contributed by atoms with E-state index in [1.54, 1.807) is 0 Å². The number of nitrogens with zero attached hydrogens (tertiary/aromatic N) is 1. The smallest absolute Gasteiger partial charge is 0.255 e. The summed E-state index contributed by atoms with van der Waals surface area (Å²) in [6.45, 7) is 3.88. The molecule has 1 aliphatic carbocycles. The normalized spacial score (nSPS) is 29.2. The molecule has 1 aromatic carbocycles. The molecule has 3 atom stereocenters. The van der Waals surface area contributed by atoms with Crippen LogP contribution in [0.25, 0.3) is 0 Å². The zero-order valence-electron chi connectivity index (χ0n) is 13.2. The number of amides is 1. The SMILES string of the molecule is CCC1(NC(Cl)C(=O)N2CCCCC2)CC1c1ccccc1. The van der Waals surface area contributed by atoms with Gasteiger partial charge in [-0.25, -0.2) is 0 Å². The van der Waals surface area contributed by atoms with Gasteiger partial charge >= 0.3 is 0 Å². The Hall–Kier alpha value is -1.06. The van der Waals surface area contributed by atoms with Gasteiger partial charge in [-0.1, -0.05) is 48.9 Å². The first-order chi connectivity index (χ1) is 10.7. The van der Waals surface area contributed by atoms with Crippen molar-refractivity contribution in [3.05, 3.63) is 35.9 Å². The van der Waals surface area contributed by atoms with Gasteiger partial charge in [0.2, 0.25) is 0 Å². The fraction of sp³-hybridized carbons (Fsp3) is 0.611. The number of carbonyl (C=O) groups excluding carboxylic acids is 1. The lowest BCUT2D eigenvalue weighted by Crippen LogP contribution is -2.49. The molecule has 1 aliphatic heterocycles. The van der Waals surface area contributed by atoms with Gasteiger partial charge in [0.1, 0.15) is 0 Å². The predicted octanol–water partition coefficient (Wildman–Crippen LogP) is 3.49. The van der Waals surface area contributed by atoms with Crippen molar-refractivity contribution in [1.29, 1.82) is 0 Å². The number of carbonyl (C=O) groups is 1. The number of hydrogen-bond acceptors (Lipinski definition) is 2. The minimum atomic E-state index is -0.605. The Balaban J connectivity index is 1.62. The Morgan fingerprint density at radius 1 is 1.32 bits per heavy atom. The Kier molecular flexibility index (Phi) is 4.74. The van der Waals surface area contributed by atoms with E-state index in [4.69, 9.17) is 11.6 Å². The van der Waals surface area contributed by atoms with E-state index in [-0.39, 0.29) is 11.4 Å². The maximum Gasteiger partial charge on any atom is 0.255 e. The van der Waals surface area contributed by atoms with Gasteiger partial charge in [-0.15, -0.1) is 0 Å². The van der Waals surface area contributed by atoms with Crippen molar-refractivity contribution >= 4 is 17.5 Å². The summed E-state index contributed by atoms with van der Waals surface area (Å²) in [6, 6.07) is 10.5. The van der Waals surface area contributed by atoms with Crippen LogP contribution in [0, 0.1) is 0 Å². The minimum Gasteiger partial charge on any atom is -0.340 e. The second-order valence-electron chi connectivity index (χ2n) is 6.57. The highest BCUT2D eigenvalue weighted by Crippen LogP contribution is 2.53. The average molecular weight is 321 g/mol. The van der Waals surface area contributed by atoms with Gasteiger partial charge in [-0.2, -0.15) is 0 Å². The van der Waals surface area contributed by atoms with Crippen LogP contribution in [0.2, 0.25) is 0 Å². The summed E-state index contributed by atoms with van der Waals surface area (Å²) >= 11 is 6.42. The van der Waals surface area contributed by atoms with Gasteiger partial charge in [0.05, 0.1) is 0 Å². The van der Waals surface area contributed by atoms with Gasteiger partial charge in [0.25, 0.3) is 5.91 Å². The van der Waals surface area contributed by atoms with Crippen molar-refractivity contribution in [2.24, 2.45) is 0 Å². The number of hydrogen-bond donors (Lipinski definition) is 1. The van der Waals surface area contributed by atoms with E-state index in [9.17, 15) is 4.79 Å². The first-order valence-corrected chi connectivity index (χ1v) is 8.85. The Bertz CT molecular complexity index is 515. The lowest BCUT2D eigenvalue weighted by atomic mass is 10.0. The quantitative estimate of drug-likeness (QED) is 0.665. The molecule has 1 saturated heterocycles. The molecule has 3 unspecified atom stereocenters. The maximum atomic E-state index is 12.5. The molecule has 0 radical (unpaired) electrons. The number of piperidine rings is 1. The van der Waals surface area contributed by atoms with Crippen LogP contribution in [0.1, 0.15) is 50.5 Å². The maximum absolute atomic E-state index is 12.5. The van der Waals surface area contributed by atoms with Gasteiger partial charge in [-0.05, 0) is 37.7 Å². The van der Waals surface area contributed by atoms with Crippen LogP contribution >= 0.6 is 11.6 Å². The van der Waals surface area contributed by atoms with E-state index in [1.807, 2.05) is 11.0 Å². The lowest BCUT2D eigenvalue weighted by molar-refractivity contribution is -0.132. The molecule has 0 aromatic heterocycles.